The summed E-state index contributed by atoms with van der Waals surface area (Å²) in [4.78, 5) is 10.3. The highest BCUT2D eigenvalue weighted by molar-refractivity contribution is 5.80. The van der Waals surface area contributed by atoms with Gasteiger partial charge in [-0.05, 0) is 42.0 Å². The Morgan fingerprint density at radius 3 is 2.39 bits per heavy atom. The van der Waals surface area contributed by atoms with Crippen LogP contribution in [0.25, 0.3) is 5.57 Å². The lowest BCUT2D eigenvalue weighted by Gasteiger charge is -2.12. The molecule has 0 saturated carbocycles. The molecule has 0 radical (unpaired) electrons. The second kappa shape index (κ2) is 5.17. The van der Waals surface area contributed by atoms with Crippen LogP contribution >= 0.6 is 0 Å². The van der Waals surface area contributed by atoms with Gasteiger partial charge in [-0.2, -0.15) is 0 Å². The van der Waals surface area contributed by atoms with Gasteiger partial charge in [0.05, 0.1) is 4.92 Å². The molecule has 3 nitrogen and oxygen atoms in total. The van der Waals surface area contributed by atoms with Crippen LogP contribution in [0.1, 0.15) is 32.3 Å². The van der Waals surface area contributed by atoms with E-state index in [1.165, 1.54) is 11.1 Å². The molecule has 1 aromatic rings. The normalized spacial score (nSPS) is 18.4. The number of nitro benzene ring substituents is 1. The van der Waals surface area contributed by atoms with Gasteiger partial charge < -0.3 is 0 Å². The minimum atomic E-state index is -0.363. The lowest BCUT2D eigenvalue weighted by molar-refractivity contribution is -0.384. The Labute approximate surface area is 107 Å². The molecular formula is C15H17NO2. The van der Waals surface area contributed by atoms with Crippen LogP contribution in [0.5, 0.6) is 0 Å². The van der Waals surface area contributed by atoms with E-state index in [4.69, 9.17) is 0 Å². The first kappa shape index (κ1) is 12.6. The molecule has 1 aliphatic rings. The number of nitrogens with zero attached hydrogens (tertiary/aromatic N) is 1. The number of nitro groups is 1. The molecule has 0 aromatic heterocycles. The van der Waals surface area contributed by atoms with Crippen molar-refractivity contribution >= 4 is 11.3 Å². The van der Waals surface area contributed by atoms with Crippen molar-refractivity contribution in [3.05, 3.63) is 57.7 Å². The summed E-state index contributed by atoms with van der Waals surface area (Å²) in [5.74, 6) is 0.528. The van der Waals surface area contributed by atoms with Gasteiger partial charge in [-0.1, -0.05) is 31.6 Å². The van der Waals surface area contributed by atoms with Crippen LogP contribution in [0.2, 0.25) is 0 Å². The maximum Gasteiger partial charge on any atom is 0.269 e. The summed E-state index contributed by atoms with van der Waals surface area (Å²) in [5, 5.41) is 10.6. The lowest BCUT2D eigenvalue weighted by atomic mass is 9.93. The third kappa shape index (κ3) is 2.21. The molecule has 0 saturated heterocycles. The van der Waals surface area contributed by atoms with E-state index in [1.807, 2.05) is 12.1 Å². The lowest BCUT2D eigenvalue weighted by Crippen LogP contribution is -1.96. The number of hydrogen-bond donors (Lipinski definition) is 0. The standard InChI is InChI=1S/C15H17NO2/c1-3-11-7-10-15(14(11)4-2)12-5-8-13(9-6-12)16(17)18/h5-11H,3-4H2,1-2H3. The molecule has 0 fully saturated rings. The van der Waals surface area contributed by atoms with Crippen molar-refractivity contribution in [3.63, 3.8) is 0 Å². The molecule has 94 valence electrons. The third-order valence-electron chi connectivity index (χ3n) is 3.50. The van der Waals surface area contributed by atoms with Crippen LogP contribution in [-0.4, -0.2) is 4.92 Å². The quantitative estimate of drug-likeness (QED) is 0.582. The average Bonchev–Trinajstić information content (AvgIpc) is 2.81. The van der Waals surface area contributed by atoms with Crippen molar-refractivity contribution in [2.75, 3.05) is 0 Å². The Hall–Kier alpha value is -1.90. The molecule has 2 rings (SSSR count). The van der Waals surface area contributed by atoms with Gasteiger partial charge in [-0.3, -0.25) is 10.1 Å². The van der Waals surface area contributed by atoms with Gasteiger partial charge in [0.1, 0.15) is 0 Å². The molecule has 3 heteroatoms. The molecule has 18 heavy (non-hydrogen) atoms. The van der Waals surface area contributed by atoms with Crippen molar-refractivity contribution in [1.82, 2.24) is 0 Å². The number of non-ortho nitro benzene ring substituents is 1. The van der Waals surface area contributed by atoms with E-state index in [9.17, 15) is 10.1 Å². The fourth-order valence-electron chi connectivity index (χ4n) is 2.51. The first-order chi connectivity index (χ1) is 8.67. The average molecular weight is 243 g/mol. The summed E-state index contributed by atoms with van der Waals surface area (Å²) in [7, 11) is 0. The Balaban J connectivity index is 2.36. The predicted molar refractivity (Wildman–Crippen MR) is 73.2 cm³/mol. The summed E-state index contributed by atoms with van der Waals surface area (Å²) in [6.07, 6.45) is 6.51. The minimum absolute atomic E-state index is 0.145. The molecule has 1 aliphatic carbocycles. The SMILES string of the molecule is CCC1=C(c2ccc([N+](=O)[O-])cc2)C=CC1CC. The maximum atomic E-state index is 10.6. The Bertz CT molecular complexity index is 512. The fourth-order valence-corrected chi connectivity index (χ4v) is 2.51. The highest BCUT2D eigenvalue weighted by atomic mass is 16.6. The predicted octanol–water partition coefficient (Wildman–Crippen LogP) is 4.35. The van der Waals surface area contributed by atoms with E-state index < -0.39 is 0 Å². The number of rotatable bonds is 4. The molecule has 0 spiro atoms. The maximum absolute atomic E-state index is 10.6. The molecule has 0 bridgehead atoms. The number of allylic oxidation sites excluding steroid dienone is 4. The summed E-state index contributed by atoms with van der Waals surface area (Å²) >= 11 is 0. The molecule has 0 N–H and O–H groups in total. The molecule has 0 aliphatic heterocycles. The molecular weight excluding hydrogens is 226 g/mol. The summed E-state index contributed by atoms with van der Waals surface area (Å²) in [5.41, 5.74) is 3.89. The molecule has 0 amide bonds. The van der Waals surface area contributed by atoms with E-state index in [0.717, 1.165) is 18.4 Å². The van der Waals surface area contributed by atoms with E-state index >= 15 is 0 Å². The van der Waals surface area contributed by atoms with Gasteiger partial charge in [0.15, 0.2) is 0 Å². The number of hydrogen-bond acceptors (Lipinski definition) is 2. The Morgan fingerprint density at radius 2 is 1.89 bits per heavy atom. The first-order valence-corrected chi connectivity index (χ1v) is 6.33. The van der Waals surface area contributed by atoms with Crippen molar-refractivity contribution in [3.8, 4) is 0 Å². The number of benzene rings is 1. The minimum Gasteiger partial charge on any atom is -0.258 e. The van der Waals surface area contributed by atoms with Gasteiger partial charge in [0.2, 0.25) is 0 Å². The zero-order valence-corrected chi connectivity index (χ0v) is 10.7. The van der Waals surface area contributed by atoms with E-state index in [0.29, 0.717) is 5.92 Å². The van der Waals surface area contributed by atoms with Gasteiger partial charge in [0, 0.05) is 12.1 Å². The highest BCUT2D eigenvalue weighted by Gasteiger charge is 2.18. The molecule has 0 heterocycles. The van der Waals surface area contributed by atoms with Crippen LogP contribution in [-0.2, 0) is 0 Å². The van der Waals surface area contributed by atoms with E-state index in [-0.39, 0.29) is 10.6 Å². The van der Waals surface area contributed by atoms with Crippen molar-refractivity contribution in [2.24, 2.45) is 5.92 Å². The summed E-state index contributed by atoms with van der Waals surface area (Å²) in [6, 6.07) is 6.82. The van der Waals surface area contributed by atoms with Gasteiger partial charge in [-0.15, -0.1) is 0 Å². The monoisotopic (exact) mass is 243 g/mol. The largest absolute Gasteiger partial charge is 0.269 e. The van der Waals surface area contributed by atoms with Gasteiger partial charge >= 0.3 is 0 Å². The van der Waals surface area contributed by atoms with Crippen LogP contribution in [0.15, 0.2) is 42.0 Å². The van der Waals surface area contributed by atoms with Gasteiger partial charge in [0.25, 0.3) is 5.69 Å². The third-order valence-corrected chi connectivity index (χ3v) is 3.50. The van der Waals surface area contributed by atoms with Gasteiger partial charge in [-0.25, -0.2) is 0 Å². The van der Waals surface area contributed by atoms with E-state index in [1.54, 1.807) is 12.1 Å². The van der Waals surface area contributed by atoms with Crippen molar-refractivity contribution in [1.29, 1.82) is 0 Å². The first-order valence-electron chi connectivity index (χ1n) is 6.33. The summed E-state index contributed by atoms with van der Waals surface area (Å²) in [6.45, 7) is 4.35. The Kier molecular flexibility index (Phi) is 3.60. The highest BCUT2D eigenvalue weighted by Crippen LogP contribution is 2.36. The molecule has 1 unspecified atom stereocenters. The van der Waals surface area contributed by atoms with Crippen LogP contribution in [0.4, 0.5) is 5.69 Å². The second-order valence-corrected chi connectivity index (χ2v) is 4.47. The second-order valence-electron chi connectivity index (χ2n) is 4.47. The smallest absolute Gasteiger partial charge is 0.258 e. The van der Waals surface area contributed by atoms with Crippen LogP contribution < -0.4 is 0 Å². The molecule has 1 aromatic carbocycles. The van der Waals surface area contributed by atoms with Crippen molar-refractivity contribution < 1.29 is 4.92 Å². The zero-order valence-electron chi connectivity index (χ0n) is 10.7. The van der Waals surface area contributed by atoms with E-state index in [2.05, 4.69) is 26.0 Å². The fraction of sp³-hybridized carbons (Fsp3) is 0.333. The molecule has 1 atom stereocenters. The zero-order chi connectivity index (χ0) is 13.1. The summed E-state index contributed by atoms with van der Waals surface area (Å²) < 4.78 is 0. The topological polar surface area (TPSA) is 43.1 Å². The van der Waals surface area contributed by atoms with Crippen LogP contribution in [0, 0.1) is 16.0 Å². The van der Waals surface area contributed by atoms with Crippen LogP contribution in [0.3, 0.4) is 0 Å². The Morgan fingerprint density at radius 1 is 1.22 bits per heavy atom. The van der Waals surface area contributed by atoms with Crippen molar-refractivity contribution in [2.45, 2.75) is 26.7 Å².